The molecule has 1 aromatic carbocycles. The molecular formula is C21H26N2O5. The van der Waals surface area contributed by atoms with Crippen LogP contribution in [0.5, 0.6) is 0 Å². The minimum Gasteiger partial charge on any atom is -0.459 e. The number of hydrogen-bond donors (Lipinski definition) is 2. The Labute approximate surface area is 164 Å². The van der Waals surface area contributed by atoms with E-state index in [4.69, 9.17) is 13.9 Å². The number of anilines is 1. The van der Waals surface area contributed by atoms with Crippen LogP contribution in [0, 0.1) is 6.92 Å². The molecule has 28 heavy (non-hydrogen) atoms. The molecule has 0 bridgehead atoms. The third-order valence-electron chi connectivity index (χ3n) is 4.57. The summed E-state index contributed by atoms with van der Waals surface area (Å²) in [4.78, 5) is 24.5. The minimum atomic E-state index is -0.353. The fourth-order valence-corrected chi connectivity index (χ4v) is 2.96. The number of nitrogens with one attached hydrogen (secondary N) is 2. The van der Waals surface area contributed by atoms with Gasteiger partial charge >= 0.3 is 0 Å². The molecule has 1 saturated heterocycles. The van der Waals surface area contributed by atoms with Gasteiger partial charge < -0.3 is 24.5 Å². The van der Waals surface area contributed by atoms with Gasteiger partial charge in [0, 0.05) is 31.0 Å². The maximum atomic E-state index is 12.4. The molecule has 2 aromatic rings. The van der Waals surface area contributed by atoms with Gasteiger partial charge in [-0.15, -0.1) is 0 Å². The van der Waals surface area contributed by atoms with Crippen LogP contribution in [0.3, 0.4) is 0 Å². The molecule has 2 heterocycles. The molecule has 0 aliphatic carbocycles. The van der Waals surface area contributed by atoms with E-state index in [0.29, 0.717) is 31.0 Å². The molecule has 3 rings (SSSR count). The van der Waals surface area contributed by atoms with Crippen molar-refractivity contribution < 1.29 is 23.5 Å². The Kier molecular flexibility index (Phi) is 7.22. The molecular weight excluding hydrogens is 360 g/mol. The first kappa shape index (κ1) is 20.1. The number of hydrogen-bond acceptors (Lipinski definition) is 5. The number of amides is 2. The quantitative estimate of drug-likeness (QED) is 0.646. The van der Waals surface area contributed by atoms with Gasteiger partial charge in [-0.3, -0.25) is 9.59 Å². The highest BCUT2D eigenvalue weighted by Gasteiger charge is 2.15. The molecule has 1 aliphatic rings. The van der Waals surface area contributed by atoms with Crippen LogP contribution in [-0.2, 0) is 9.47 Å². The topological polar surface area (TPSA) is 89.8 Å². The predicted molar refractivity (Wildman–Crippen MR) is 105 cm³/mol. The smallest absolute Gasteiger partial charge is 0.291 e. The molecule has 1 fully saturated rings. The van der Waals surface area contributed by atoms with Gasteiger partial charge in [0.2, 0.25) is 0 Å². The van der Waals surface area contributed by atoms with Crippen LogP contribution in [0.15, 0.2) is 41.0 Å². The van der Waals surface area contributed by atoms with Gasteiger partial charge in [0.1, 0.15) is 0 Å². The van der Waals surface area contributed by atoms with E-state index in [1.54, 1.807) is 30.3 Å². The second-order valence-electron chi connectivity index (χ2n) is 6.78. The third kappa shape index (κ3) is 5.68. The number of furan rings is 1. The summed E-state index contributed by atoms with van der Waals surface area (Å²) in [6.07, 6.45) is 4.55. The molecule has 7 heteroatoms. The van der Waals surface area contributed by atoms with Crippen molar-refractivity contribution in [2.24, 2.45) is 0 Å². The van der Waals surface area contributed by atoms with Crippen LogP contribution in [0.25, 0.3) is 0 Å². The van der Waals surface area contributed by atoms with Gasteiger partial charge in [-0.25, -0.2) is 0 Å². The van der Waals surface area contributed by atoms with Crippen molar-refractivity contribution in [3.8, 4) is 0 Å². The highest BCUT2D eigenvalue weighted by atomic mass is 16.5. The summed E-state index contributed by atoms with van der Waals surface area (Å²) in [6, 6.07) is 8.44. The number of benzene rings is 1. The number of ether oxygens (including phenoxy) is 2. The lowest BCUT2D eigenvalue weighted by molar-refractivity contribution is 0.0166. The molecule has 1 aliphatic heterocycles. The zero-order chi connectivity index (χ0) is 19.8. The van der Waals surface area contributed by atoms with Crippen molar-refractivity contribution in [2.45, 2.75) is 32.3 Å². The molecule has 0 radical (unpaired) electrons. The van der Waals surface area contributed by atoms with E-state index in [1.165, 1.54) is 6.26 Å². The van der Waals surface area contributed by atoms with E-state index in [0.717, 1.165) is 31.4 Å². The maximum Gasteiger partial charge on any atom is 0.291 e. The van der Waals surface area contributed by atoms with Crippen molar-refractivity contribution in [1.82, 2.24) is 5.32 Å². The molecule has 2 N–H and O–H groups in total. The van der Waals surface area contributed by atoms with Gasteiger partial charge in [-0.1, -0.05) is 6.07 Å². The molecule has 1 aromatic heterocycles. The Morgan fingerprint density at radius 2 is 2.14 bits per heavy atom. The van der Waals surface area contributed by atoms with Gasteiger partial charge in [-0.05, 0) is 56.0 Å². The number of rotatable bonds is 9. The first-order chi connectivity index (χ1) is 13.6. The maximum absolute atomic E-state index is 12.4. The van der Waals surface area contributed by atoms with Crippen LogP contribution in [0.4, 0.5) is 5.69 Å². The zero-order valence-corrected chi connectivity index (χ0v) is 16.0. The van der Waals surface area contributed by atoms with Gasteiger partial charge in [0.25, 0.3) is 11.8 Å². The standard InChI is InChI=1S/C21H26N2O5/c1-15-7-8-16(13-18(15)23-21(25)19-6-3-12-28-19)20(24)22-9-4-10-26-14-17-5-2-11-27-17/h3,6-8,12-13,17H,2,4-5,9-11,14H2,1H3,(H,22,24)(H,23,25). The Morgan fingerprint density at radius 1 is 1.25 bits per heavy atom. The largest absolute Gasteiger partial charge is 0.459 e. The second-order valence-corrected chi connectivity index (χ2v) is 6.78. The molecule has 7 nitrogen and oxygen atoms in total. The van der Waals surface area contributed by atoms with Gasteiger partial charge in [0.15, 0.2) is 5.76 Å². The van der Waals surface area contributed by atoms with Gasteiger partial charge in [-0.2, -0.15) is 0 Å². The van der Waals surface area contributed by atoms with Crippen LogP contribution in [-0.4, -0.2) is 44.3 Å². The molecule has 0 saturated carbocycles. The normalized spacial score (nSPS) is 16.1. The highest BCUT2D eigenvalue weighted by Crippen LogP contribution is 2.18. The third-order valence-corrected chi connectivity index (χ3v) is 4.57. The summed E-state index contributed by atoms with van der Waals surface area (Å²) in [5.41, 5.74) is 1.92. The molecule has 150 valence electrons. The van der Waals surface area contributed by atoms with Crippen LogP contribution in [0.1, 0.15) is 45.7 Å². The second kappa shape index (κ2) is 10.1. The number of carbonyl (C=O) groups is 2. The fourth-order valence-electron chi connectivity index (χ4n) is 2.96. The lowest BCUT2D eigenvalue weighted by Gasteiger charge is -2.11. The lowest BCUT2D eigenvalue weighted by Crippen LogP contribution is -2.26. The average Bonchev–Trinajstić information content (AvgIpc) is 3.40. The SMILES string of the molecule is Cc1ccc(C(=O)NCCCOCC2CCCO2)cc1NC(=O)c1ccco1. The number of carbonyl (C=O) groups excluding carboxylic acids is 2. The van der Waals surface area contributed by atoms with E-state index in [2.05, 4.69) is 10.6 Å². The van der Waals surface area contributed by atoms with E-state index >= 15 is 0 Å². The van der Waals surface area contributed by atoms with Crippen LogP contribution >= 0.6 is 0 Å². The molecule has 0 spiro atoms. The highest BCUT2D eigenvalue weighted by molar-refractivity contribution is 6.03. The zero-order valence-electron chi connectivity index (χ0n) is 16.0. The summed E-state index contributed by atoms with van der Waals surface area (Å²) >= 11 is 0. The fraction of sp³-hybridized carbons (Fsp3) is 0.429. The predicted octanol–water partition coefficient (Wildman–Crippen LogP) is 3.16. The summed E-state index contributed by atoms with van der Waals surface area (Å²) in [5, 5.41) is 5.65. The summed E-state index contributed by atoms with van der Waals surface area (Å²) < 4.78 is 16.2. The van der Waals surface area contributed by atoms with Gasteiger partial charge in [0.05, 0.1) is 19.0 Å². The van der Waals surface area contributed by atoms with Crippen molar-refractivity contribution in [3.05, 3.63) is 53.5 Å². The van der Waals surface area contributed by atoms with Crippen LogP contribution < -0.4 is 10.6 Å². The Morgan fingerprint density at radius 3 is 2.89 bits per heavy atom. The van der Waals surface area contributed by atoms with E-state index in [1.807, 2.05) is 6.92 Å². The van der Waals surface area contributed by atoms with E-state index in [9.17, 15) is 9.59 Å². The molecule has 1 atom stereocenters. The van der Waals surface area contributed by atoms with Crippen LogP contribution in [0.2, 0.25) is 0 Å². The minimum absolute atomic E-state index is 0.187. The summed E-state index contributed by atoms with van der Waals surface area (Å²) in [7, 11) is 0. The summed E-state index contributed by atoms with van der Waals surface area (Å²) in [5.74, 6) is -0.320. The monoisotopic (exact) mass is 386 g/mol. The van der Waals surface area contributed by atoms with E-state index in [-0.39, 0.29) is 23.7 Å². The first-order valence-electron chi connectivity index (χ1n) is 9.56. The summed E-state index contributed by atoms with van der Waals surface area (Å²) in [6.45, 7) is 4.41. The Balaban J connectivity index is 1.43. The van der Waals surface area contributed by atoms with Crippen molar-refractivity contribution in [1.29, 1.82) is 0 Å². The van der Waals surface area contributed by atoms with Crippen molar-refractivity contribution in [3.63, 3.8) is 0 Å². The van der Waals surface area contributed by atoms with Crippen molar-refractivity contribution >= 4 is 17.5 Å². The average molecular weight is 386 g/mol. The molecule has 1 unspecified atom stereocenters. The Bertz CT molecular complexity index is 782. The molecule has 2 amide bonds. The lowest BCUT2D eigenvalue weighted by atomic mass is 10.1. The Hall–Kier alpha value is -2.64. The van der Waals surface area contributed by atoms with Crippen molar-refractivity contribution in [2.75, 3.05) is 31.7 Å². The first-order valence-corrected chi connectivity index (χ1v) is 9.56. The van der Waals surface area contributed by atoms with E-state index < -0.39 is 0 Å². The number of aryl methyl sites for hydroxylation is 1.